The number of carbonyl (C=O) groups is 1. The summed E-state index contributed by atoms with van der Waals surface area (Å²) in [5.74, 6) is 0.273. The molecule has 0 aliphatic carbocycles. The average Bonchev–Trinajstić information content (AvgIpc) is 3.13. The van der Waals surface area contributed by atoms with Crippen LogP contribution in [-0.4, -0.2) is 46.5 Å². The first-order valence-electron chi connectivity index (χ1n) is 9.04. The standard InChI is InChI=1S/C20H23N5O3S/c1-14(2)25(4)29(27,28)18-10-6-8-16(12-18)20(26)22-17-9-5-7-15(11-17)19-23-21-13-24(19)3/h5-14H,1-4H3,(H,22,26). The number of sulfonamides is 1. The predicted molar refractivity (Wildman–Crippen MR) is 111 cm³/mol. The molecule has 3 rings (SSSR count). The molecular formula is C20H23N5O3S. The molecular weight excluding hydrogens is 390 g/mol. The molecule has 0 saturated heterocycles. The normalized spacial score (nSPS) is 11.8. The van der Waals surface area contributed by atoms with Gasteiger partial charge < -0.3 is 9.88 Å². The summed E-state index contributed by atoms with van der Waals surface area (Å²) < 4.78 is 28.4. The van der Waals surface area contributed by atoms with Gasteiger partial charge in [0.05, 0.1) is 4.90 Å². The lowest BCUT2D eigenvalue weighted by molar-refractivity contribution is 0.102. The second-order valence-corrected chi connectivity index (χ2v) is 8.94. The van der Waals surface area contributed by atoms with E-state index in [-0.39, 0.29) is 16.5 Å². The van der Waals surface area contributed by atoms with Crippen molar-refractivity contribution in [2.45, 2.75) is 24.8 Å². The van der Waals surface area contributed by atoms with Gasteiger partial charge in [0, 0.05) is 37.0 Å². The molecule has 29 heavy (non-hydrogen) atoms. The Balaban J connectivity index is 1.85. The summed E-state index contributed by atoms with van der Waals surface area (Å²) in [5, 5.41) is 10.7. The molecule has 0 fully saturated rings. The molecule has 1 amide bonds. The number of aryl methyl sites for hydroxylation is 1. The fourth-order valence-corrected chi connectivity index (χ4v) is 4.14. The lowest BCUT2D eigenvalue weighted by Crippen LogP contribution is -2.33. The fourth-order valence-electron chi connectivity index (χ4n) is 2.73. The Labute approximate surface area is 170 Å². The monoisotopic (exact) mass is 413 g/mol. The van der Waals surface area contributed by atoms with Crippen LogP contribution < -0.4 is 5.32 Å². The second kappa shape index (κ2) is 8.14. The molecule has 1 heterocycles. The van der Waals surface area contributed by atoms with Crippen LogP contribution in [0.15, 0.2) is 59.8 Å². The van der Waals surface area contributed by atoms with Crippen molar-refractivity contribution < 1.29 is 13.2 Å². The molecule has 0 aliphatic heterocycles. The maximum absolute atomic E-state index is 12.7. The molecule has 152 valence electrons. The van der Waals surface area contributed by atoms with Crippen LogP contribution in [0, 0.1) is 0 Å². The Bertz CT molecular complexity index is 1140. The predicted octanol–water partition coefficient (Wildman–Crippen LogP) is 2.76. The van der Waals surface area contributed by atoms with Crippen LogP contribution in [0.1, 0.15) is 24.2 Å². The molecule has 0 saturated carbocycles. The van der Waals surface area contributed by atoms with E-state index >= 15 is 0 Å². The van der Waals surface area contributed by atoms with Crippen LogP contribution in [0.5, 0.6) is 0 Å². The number of rotatable bonds is 6. The Morgan fingerprint density at radius 1 is 1.14 bits per heavy atom. The van der Waals surface area contributed by atoms with Gasteiger partial charge in [0.15, 0.2) is 5.82 Å². The third kappa shape index (κ3) is 4.36. The van der Waals surface area contributed by atoms with E-state index in [1.807, 2.05) is 13.1 Å². The van der Waals surface area contributed by atoms with E-state index in [1.54, 1.807) is 55.1 Å². The van der Waals surface area contributed by atoms with Crippen LogP contribution in [0.25, 0.3) is 11.4 Å². The highest BCUT2D eigenvalue weighted by atomic mass is 32.2. The van der Waals surface area contributed by atoms with Crippen LogP contribution in [0.3, 0.4) is 0 Å². The SMILES string of the molecule is CC(C)N(C)S(=O)(=O)c1cccc(C(=O)Nc2cccc(-c3nncn3C)c2)c1. The number of carbonyl (C=O) groups excluding carboxylic acids is 1. The highest BCUT2D eigenvalue weighted by molar-refractivity contribution is 7.89. The minimum absolute atomic E-state index is 0.0779. The molecule has 0 spiro atoms. The van der Waals surface area contributed by atoms with Gasteiger partial charge in [0.2, 0.25) is 10.0 Å². The van der Waals surface area contributed by atoms with Crippen LogP contribution in [0.2, 0.25) is 0 Å². The van der Waals surface area contributed by atoms with Gasteiger partial charge >= 0.3 is 0 Å². The number of anilines is 1. The van der Waals surface area contributed by atoms with E-state index < -0.39 is 15.9 Å². The number of nitrogens with one attached hydrogen (secondary N) is 1. The molecule has 0 unspecified atom stereocenters. The van der Waals surface area contributed by atoms with Crippen molar-refractivity contribution >= 4 is 21.6 Å². The van der Waals surface area contributed by atoms with E-state index in [1.165, 1.54) is 23.5 Å². The number of aromatic nitrogens is 3. The lowest BCUT2D eigenvalue weighted by atomic mass is 10.1. The summed E-state index contributed by atoms with van der Waals surface area (Å²) in [6.07, 6.45) is 1.60. The maximum Gasteiger partial charge on any atom is 0.255 e. The van der Waals surface area contributed by atoms with Crippen molar-refractivity contribution in [1.29, 1.82) is 0 Å². The number of nitrogens with zero attached hydrogens (tertiary/aromatic N) is 4. The topological polar surface area (TPSA) is 97.2 Å². The summed E-state index contributed by atoms with van der Waals surface area (Å²) in [7, 11) is -0.320. The first-order chi connectivity index (χ1) is 13.7. The smallest absolute Gasteiger partial charge is 0.255 e. The van der Waals surface area contributed by atoms with E-state index in [9.17, 15) is 13.2 Å². The Kier molecular flexibility index (Phi) is 5.81. The minimum atomic E-state index is -3.67. The number of benzene rings is 2. The van der Waals surface area contributed by atoms with Gasteiger partial charge in [-0.05, 0) is 44.2 Å². The van der Waals surface area contributed by atoms with Crippen LogP contribution in [-0.2, 0) is 17.1 Å². The quantitative estimate of drug-likeness (QED) is 0.670. The summed E-state index contributed by atoms with van der Waals surface area (Å²) in [4.78, 5) is 12.8. The Morgan fingerprint density at radius 2 is 1.86 bits per heavy atom. The zero-order valence-corrected chi connectivity index (χ0v) is 17.5. The highest BCUT2D eigenvalue weighted by Crippen LogP contribution is 2.22. The van der Waals surface area contributed by atoms with E-state index in [0.717, 1.165) is 5.56 Å². The zero-order valence-electron chi connectivity index (χ0n) is 16.7. The molecule has 8 nitrogen and oxygen atoms in total. The van der Waals surface area contributed by atoms with Gasteiger partial charge in [-0.1, -0.05) is 18.2 Å². The summed E-state index contributed by atoms with van der Waals surface area (Å²) in [6, 6.07) is 13.0. The van der Waals surface area contributed by atoms with E-state index in [2.05, 4.69) is 15.5 Å². The third-order valence-electron chi connectivity index (χ3n) is 4.59. The van der Waals surface area contributed by atoms with E-state index in [0.29, 0.717) is 11.5 Å². The number of amides is 1. The fraction of sp³-hybridized carbons (Fsp3) is 0.250. The molecule has 0 bridgehead atoms. The lowest BCUT2D eigenvalue weighted by Gasteiger charge is -2.21. The van der Waals surface area contributed by atoms with Crippen LogP contribution in [0.4, 0.5) is 5.69 Å². The van der Waals surface area contributed by atoms with Gasteiger partial charge in [-0.2, -0.15) is 4.31 Å². The highest BCUT2D eigenvalue weighted by Gasteiger charge is 2.24. The molecule has 1 N–H and O–H groups in total. The first kappa shape index (κ1) is 20.7. The van der Waals surface area contributed by atoms with Gasteiger partial charge in [0.1, 0.15) is 6.33 Å². The molecule has 1 aromatic heterocycles. The Hall–Kier alpha value is -3.04. The molecule has 0 aliphatic rings. The summed E-state index contributed by atoms with van der Waals surface area (Å²) in [6.45, 7) is 3.58. The average molecular weight is 414 g/mol. The Morgan fingerprint density at radius 3 is 2.52 bits per heavy atom. The first-order valence-corrected chi connectivity index (χ1v) is 10.5. The molecule has 0 radical (unpaired) electrons. The van der Waals surface area contributed by atoms with Crippen molar-refractivity contribution in [3.63, 3.8) is 0 Å². The van der Waals surface area contributed by atoms with Gasteiger partial charge in [-0.3, -0.25) is 4.79 Å². The molecule has 9 heteroatoms. The van der Waals surface area contributed by atoms with Crippen LogP contribution >= 0.6 is 0 Å². The minimum Gasteiger partial charge on any atom is -0.322 e. The van der Waals surface area contributed by atoms with Crippen molar-refractivity contribution in [2.75, 3.05) is 12.4 Å². The third-order valence-corrected chi connectivity index (χ3v) is 6.62. The molecule has 3 aromatic rings. The molecule has 0 atom stereocenters. The van der Waals surface area contributed by atoms with E-state index in [4.69, 9.17) is 0 Å². The number of hydrogen-bond acceptors (Lipinski definition) is 5. The van der Waals surface area contributed by atoms with Crippen molar-refractivity contribution in [3.05, 3.63) is 60.4 Å². The zero-order chi connectivity index (χ0) is 21.2. The van der Waals surface area contributed by atoms with Gasteiger partial charge in [-0.15, -0.1) is 10.2 Å². The summed E-state index contributed by atoms with van der Waals surface area (Å²) >= 11 is 0. The van der Waals surface area contributed by atoms with Gasteiger partial charge in [0.25, 0.3) is 5.91 Å². The van der Waals surface area contributed by atoms with Crippen molar-refractivity contribution in [1.82, 2.24) is 19.1 Å². The van der Waals surface area contributed by atoms with Gasteiger partial charge in [-0.25, -0.2) is 8.42 Å². The van der Waals surface area contributed by atoms with Crippen molar-refractivity contribution in [3.8, 4) is 11.4 Å². The number of hydrogen-bond donors (Lipinski definition) is 1. The summed E-state index contributed by atoms with van der Waals surface area (Å²) in [5.41, 5.74) is 1.63. The van der Waals surface area contributed by atoms with Crippen molar-refractivity contribution in [2.24, 2.45) is 7.05 Å². The molecule has 2 aromatic carbocycles. The maximum atomic E-state index is 12.7. The largest absolute Gasteiger partial charge is 0.322 e. The second-order valence-electron chi connectivity index (χ2n) is 6.94.